The minimum Gasteiger partial charge on any atom is -0.375 e. The van der Waals surface area contributed by atoms with Gasteiger partial charge >= 0.3 is 0 Å². The Morgan fingerprint density at radius 2 is 1.23 bits per heavy atom. The van der Waals surface area contributed by atoms with E-state index in [1.165, 1.54) is 114 Å². The Morgan fingerprint density at radius 1 is 0.667 bits per heavy atom. The van der Waals surface area contributed by atoms with Crippen LogP contribution in [0.2, 0.25) is 0 Å². The van der Waals surface area contributed by atoms with Crippen molar-refractivity contribution in [1.82, 2.24) is 4.90 Å². The molecule has 0 saturated heterocycles. The van der Waals surface area contributed by atoms with Gasteiger partial charge in [0.15, 0.2) is 0 Å². The number of allylic oxidation sites excluding steroid dienone is 4. The summed E-state index contributed by atoms with van der Waals surface area (Å²) in [6.07, 6.45) is 32.9. The fraction of sp³-hybridized carbons (Fsp3) is 0.811. The summed E-state index contributed by atoms with van der Waals surface area (Å²) in [5, 5.41) is 9.53. The lowest BCUT2D eigenvalue weighted by atomic mass is 9.92. The first-order chi connectivity index (χ1) is 19.0. The second-order valence-corrected chi connectivity index (χ2v) is 12.3. The lowest BCUT2D eigenvalue weighted by Crippen LogP contribution is -2.24. The van der Waals surface area contributed by atoms with Crippen molar-refractivity contribution in [3.8, 4) is 6.07 Å². The van der Waals surface area contributed by atoms with Crippen LogP contribution in [0.5, 0.6) is 0 Å². The van der Waals surface area contributed by atoms with E-state index >= 15 is 0 Å². The zero-order valence-corrected chi connectivity index (χ0v) is 27.1. The van der Waals surface area contributed by atoms with Crippen LogP contribution in [0, 0.1) is 23.2 Å². The maximum Gasteiger partial charge on any atom is 0.0655 e. The predicted molar refractivity (Wildman–Crippen MR) is 176 cm³/mol. The molecule has 0 aromatic rings. The molecule has 0 aromatic carbocycles. The normalized spacial score (nSPS) is 12.2. The number of rotatable bonds is 29. The number of nitriles is 1. The maximum absolute atomic E-state index is 9.53. The fourth-order valence-electron chi connectivity index (χ4n) is 5.22. The minimum absolute atomic E-state index is 0.175. The van der Waals surface area contributed by atoms with E-state index < -0.39 is 0 Å². The average molecular weight is 541 g/mol. The van der Waals surface area contributed by atoms with Gasteiger partial charge in [-0.1, -0.05) is 129 Å². The van der Waals surface area contributed by atoms with Crippen molar-refractivity contribution in [3.63, 3.8) is 0 Å². The van der Waals surface area contributed by atoms with Gasteiger partial charge in [-0.05, 0) is 76.5 Å². The number of hydrogen-bond acceptors (Lipinski definition) is 2. The van der Waals surface area contributed by atoms with Crippen LogP contribution in [0.1, 0.15) is 169 Å². The molecule has 2 nitrogen and oxygen atoms in total. The van der Waals surface area contributed by atoms with E-state index in [1.54, 1.807) is 0 Å². The van der Waals surface area contributed by atoms with Gasteiger partial charge < -0.3 is 4.90 Å². The van der Waals surface area contributed by atoms with Crippen molar-refractivity contribution in [2.45, 2.75) is 169 Å². The van der Waals surface area contributed by atoms with E-state index in [2.05, 4.69) is 64.0 Å². The molecule has 0 rings (SSSR count). The fourth-order valence-corrected chi connectivity index (χ4v) is 5.22. The lowest BCUT2D eigenvalue weighted by Gasteiger charge is -2.26. The average Bonchev–Trinajstić information content (AvgIpc) is 2.93. The Labute approximate surface area is 246 Å². The highest BCUT2D eigenvalue weighted by Crippen LogP contribution is 2.21. The highest BCUT2D eigenvalue weighted by molar-refractivity contribution is 4.99. The van der Waals surface area contributed by atoms with Crippen molar-refractivity contribution in [1.29, 1.82) is 5.26 Å². The summed E-state index contributed by atoms with van der Waals surface area (Å²) in [5.41, 5.74) is 2.60. The van der Waals surface area contributed by atoms with Crippen LogP contribution in [0.25, 0.3) is 0 Å². The molecule has 0 amide bonds. The monoisotopic (exact) mass is 541 g/mol. The minimum atomic E-state index is 0.175. The van der Waals surface area contributed by atoms with Gasteiger partial charge in [0.05, 0.1) is 6.07 Å². The van der Waals surface area contributed by atoms with Gasteiger partial charge in [-0.3, -0.25) is 0 Å². The highest BCUT2D eigenvalue weighted by Gasteiger charge is 2.11. The van der Waals surface area contributed by atoms with E-state index in [-0.39, 0.29) is 5.92 Å². The second kappa shape index (κ2) is 28.1. The topological polar surface area (TPSA) is 27.0 Å². The van der Waals surface area contributed by atoms with Crippen LogP contribution in [0.3, 0.4) is 0 Å². The lowest BCUT2D eigenvalue weighted by molar-refractivity contribution is 0.318. The molecule has 2 heteroatoms. The quantitative estimate of drug-likeness (QED) is 0.0696. The zero-order chi connectivity index (χ0) is 29.0. The Balaban J connectivity index is 3.80. The van der Waals surface area contributed by atoms with Crippen molar-refractivity contribution >= 4 is 0 Å². The van der Waals surface area contributed by atoms with Crippen molar-refractivity contribution in [2.24, 2.45) is 11.8 Å². The molecular weight excluding hydrogens is 472 g/mol. The molecule has 0 heterocycles. The van der Waals surface area contributed by atoms with E-state index in [0.717, 1.165) is 51.6 Å². The summed E-state index contributed by atoms with van der Waals surface area (Å²) in [5.74, 6) is 0.697. The Hall–Kier alpha value is -1.49. The predicted octanol–water partition coefficient (Wildman–Crippen LogP) is 12.3. The summed E-state index contributed by atoms with van der Waals surface area (Å²) >= 11 is 0. The van der Waals surface area contributed by atoms with Crippen LogP contribution >= 0.6 is 0 Å². The third kappa shape index (κ3) is 24.1. The van der Waals surface area contributed by atoms with Crippen molar-refractivity contribution in [3.05, 3.63) is 36.6 Å². The molecule has 0 fully saturated rings. The third-order valence-corrected chi connectivity index (χ3v) is 8.21. The first-order valence-corrected chi connectivity index (χ1v) is 17.1. The molecule has 0 spiro atoms. The molecule has 0 aromatic heterocycles. The zero-order valence-electron chi connectivity index (χ0n) is 27.1. The standard InChI is InChI=1S/C37H68N2/c1-7-9-10-11-12-13-14-15-16-17-18-19-20-21-22-23-24-27-36(6)39(31-8-2)32-26-25-28-37(33-38)30-29-35(5)34(3)4/h17-18,34,37H,5-16,19-32H2,1-4H3/b18-17-. The van der Waals surface area contributed by atoms with Gasteiger partial charge in [0.2, 0.25) is 0 Å². The van der Waals surface area contributed by atoms with Gasteiger partial charge in [0.25, 0.3) is 0 Å². The van der Waals surface area contributed by atoms with E-state index in [4.69, 9.17) is 0 Å². The van der Waals surface area contributed by atoms with Crippen LogP contribution in [0.15, 0.2) is 36.6 Å². The summed E-state index contributed by atoms with van der Waals surface area (Å²) in [6.45, 7) is 19.7. The first-order valence-electron chi connectivity index (χ1n) is 17.1. The molecule has 1 atom stereocenters. The summed E-state index contributed by atoms with van der Waals surface area (Å²) in [4.78, 5) is 2.51. The molecule has 226 valence electrons. The van der Waals surface area contributed by atoms with Gasteiger partial charge in [0, 0.05) is 24.7 Å². The molecule has 0 aliphatic rings. The van der Waals surface area contributed by atoms with E-state index in [1.807, 2.05) is 0 Å². The Morgan fingerprint density at radius 3 is 1.77 bits per heavy atom. The maximum atomic E-state index is 9.53. The van der Waals surface area contributed by atoms with Crippen LogP contribution in [0.4, 0.5) is 0 Å². The third-order valence-electron chi connectivity index (χ3n) is 8.21. The molecule has 39 heavy (non-hydrogen) atoms. The summed E-state index contributed by atoms with van der Waals surface area (Å²) in [7, 11) is 0. The first kappa shape index (κ1) is 37.5. The molecule has 0 bridgehead atoms. The molecule has 0 radical (unpaired) electrons. The number of hydrogen-bond donors (Lipinski definition) is 0. The molecular formula is C37H68N2. The molecule has 0 N–H and O–H groups in total. The smallest absolute Gasteiger partial charge is 0.0655 e. The van der Waals surface area contributed by atoms with Gasteiger partial charge in [0.1, 0.15) is 0 Å². The van der Waals surface area contributed by atoms with Crippen LogP contribution in [-0.2, 0) is 0 Å². The molecule has 1 unspecified atom stereocenters. The van der Waals surface area contributed by atoms with Crippen LogP contribution in [-0.4, -0.2) is 18.0 Å². The van der Waals surface area contributed by atoms with Crippen LogP contribution < -0.4 is 0 Å². The molecule has 0 aliphatic carbocycles. The number of unbranched alkanes of at least 4 members (excludes halogenated alkanes) is 14. The SMILES string of the molecule is C=C(CCC(C#N)CCCCN(CCC)C(=C)CCCCCCC/C=C\CCCCCCCCCC)C(C)C. The molecule has 0 aliphatic heterocycles. The van der Waals surface area contributed by atoms with Crippen molar-refractivity contribution < 1.29 is 0 Å². The van der Waals surface area contributed by atoms with E-state index in [0.29, 0.717) is 5.92 Å². The second-order valence-electron chi connectivity index (χ2n) is 12.3. The highest BCUT2D eigenvalue weighted by atomic mass is 15.1. The Kier molecular flexibility index (Phi) is 27.0. The van der Waals surface area contributed by atoms with Crippen molar-refractivity contribution in [2.75, 3.05) is 13.1 Å². The van der Waals surface area contributed by atoms with E-state index in [9.17, 15) is 5.26 Å². The summed E-state index contributed by atoms with van der Waals surface area (Å²) < 4.78 is 0. The number of nitrogens with zero attached hydrogens (tertiary/aromatic N) is 2. The van der Waals surface area contributed by atoms with Gasteiger partial charge in [-0.2, -0.15) is 5.26 Å². The van der Waals surface area contributed by atoms with Gasteiger partial charge in [-0.15, -0.1) is 0 Å². The van der Waals surface area contributed by atoms with Gasteiger partial charge in [-0.25, -0.2) is 0 Å². The largest absolute Gasteiger partial charge is 0.375 e. The Bertz CT molecular complexity index is 638. The molecule has 0 saturated carbocycles. The summed E-state index contributed by atoms with van der Waals surface area (Å²) in [6, 6.07) is 2.53.